The highest BCUT2D eigenvalue weighted by atomic mass is 35.5. The zero-order valence-corrected chi connectivity index (χ0v) is 17.3. The van der Waals surface area contributed by atoms with Crippen molar-refractivity contribution in [2.24, 2.45) is 0 Å². The largest absolute Gasteiger partial charge is 0.322 e. The molecule has 0 bridgehead atoms. The van der Waals surface area contributed by atoms with Crippen LogP contribution < -0.4 is 15.5 Å². The van der Waals surface area contributed by atoms with E-state index in [1.165, 1.54) is 0 Å². The van der Waals surface area contributed by atoms with Crippen LogP contribution in [0.2, 0.25) is 5.02 Å². The number of carbonyl (C=O) groups is 2. The third kappa shape index (κ3) is 4.02. The fraction of sp³-hybridized carbons (Fsp3) is 0.167. The van der Waals surface area contributed by atoms with Crippen molar-refractivity contribution >= 4 is 34.9 Å². The molecule has 152 valence electrons. The summed E-state index contributed by atoms with van der Waals surface area (Å²) < 4.78 is 0. The maximum atomic E-state index is 13.5. The SMILES string of the molecule is Cc1c(Cl)cccc1NC(=O)N[C@@H](C(=O)N1CCc2ccccc21)c1ccccc1. The van der Waals surface area contributed by atoms with E-state index in [4.69, 9.17) is 11.6 Å². The van der Waals surface area contributed by atoms with Crippen molar-refractivity contribution in [3.8, 4) is 0 Å². The lowest BCUT2D eigenvalue weighted by molar-refractivity contribution is -0.120. The Morgan fingerprint density at radius 1 is 0.967 bits per heavy atom. The number of hydrogen-bond acceptors (Lipinski definition) is 2. The first-order valence-corrected chi connectivity index (χ1v) is 10.2. The van der Waals surface area contributed by atoms with Crippen LogP contribution in [-0.4, -0.2) is 18.5 Å². The number of anilines is 2. The Morgan fingerprint density at radius 2 is 1.70 bits per heavy atom. The fourth-order valence-electron chi connectivity index (χ4n) is 3.69. The zero-order valence-electron chi connectivity index (χ0n) is 16.6. The van der Waals surface area contributed by atoms with Crippen LogP contribution in [0.5, 0.6) is 0 Å². The van der Waals surface area contributed by atoms with Crippen LogP contribution in [0.25, 0.3) is 0 Å². The van der Waals surface area contributed by atoms with Crippen LogP contribution in [0.4, 0.5) is 16.2 Å². The normalized spacial score (nSPS) is 13.5. The van der Waals surface area contributed by atoms with E-state index in [1.807, 2.05) is 61.5 Å². The van der Waals surface area contributed by atoms with Gasteiger partial charge >= 0.3 is 6.03 Å². The van der Waals surface area contributed by atoms with E-state index in [-0.39, 0.29) is 5.91 Å². The molecular weight excluding hydrogens is 398 g/mol. The van der Waals surface area contributed by atoms with Crippen LogP contribution in [0, 0.1) is 6.92 Å². The lowest BCUT2D eigenvalue weighted by atomic mass is 10.1. The quantitative estimate of drug-likeness (QED) is 0.618. The van der Waals surface area contributed by atoms with Crippen molar-refractivity contribution in [2.45, 2.75) is 19.4 Å². The van der Waals surface area contributed by atoms with Gasteiger partial charge in [-0.1, -0.05) is 66.2 Å². The van der Waals surface area contributed by atoms with E-state index < -0.39 is 12.1 Å². The molecule has 30 heavy (non-hydrogen) atoms. The Hall–Kier alpha value is -3.31. The number of para-hydroxylation sites is 1. The van der Waals surface area contributed by atoms with Crippen molar-refractivity contribution in [2.75, 3.05) is 16.8 Å². The molecule has 0 saturated carbocycles. The summed E-state index contributed by atoms with van der Waals surface area (Å²) in [7, 11) is 0. The Balaban J connectivity index is 1.59. The molecule has 1 atom stereocenters. The van der Waals surface area contributed by atoms with Crippen LogP contribution in [0.1, 0.15) is 22.7 Å². The van der Waals surface area contributed by atoms with Gasteiger partial charge in [0.15, 0.2) is 0 Å². The summed E-state index contributed by atoms with van der Waals surface area (Å²) in [6.45, 7) is 2.43. The van der Waals surface area contributed by atoms with Crippen molar-refractivity contribution in [3.05, 3.63) is 94.5 Å². The summed E-state index contributed by atoms with van der Waals surface area (Å²) in [6, 6.07) is 21.2. The second-order valence-electron chi connectivity index (χ2n) is 7.22. The smallest absolute Gasteiger partial charge is 0.320 e. The van der Waals surface area contributed by atoms with Gasteiger partial charge in [0.05, 0.1) is 0 Å². The summed E-state index contributed by atoms with van der Waals surface area (Å²) in [5.41, 5.74) is 4.13. The van der Waals surface area contributed by atoms with E-state index in [9.17, 15) is 9.59 Å². The first-order valence-electron chi connectivity index (χ1n) is 9.81. The first kappa shape index (κ1) is 20.0. The number of nitrogens with one attached hydrogen (secondary N) is 2. The summed E-state index contributed by atoms with van der Waals surface area (Å²) in [4.78, 5) is 28.0. The van der Waals surface area contributed by atoms with Gasteiger partial charge in [-0.15, -0.1) is 0 Å². The summed E-state index contributed by atoms with van der Waals surface area (Å²) >= 11 is 6.15. The van der Waals surface area contributed by atoms with E-state index >= 15 is 0 Å². The standard InChI is InChI=1S/C24H22ClN3O2/c1-16-19(25)11-7-12-20(16)26-24(30)27-22(18-9-3-2-4-10-18)23(29)28-15-14-17-8-5-6-13-21(17)28/h2-13,22H,14-15H2,1H3,(H2,26,27,30)/t22-/m1/s1. The molecule has 5 nitrogen and oxygen atoms in total. The molecule has 0 saturated heterocycles. The van der Waals surface area contributed by atoms with Gasteiger partial charge in [0.25, 0.3) is 5.91 Å². The lowest BCUT2D eigenvalue weighted by Gasteiger charge is -2.25. The predicted octanol–water partition coefficient (Wildman–Crippen LogP) is 5.10. The molecule has 6 heteroatoms. The molecule has 0 spiro atoms. The monoisotopic (exact) mass is 419 g/mol. The van der Waals surface area contributed by atoms with Gasteiger partial charge in [-0.05, 0) is 48.2 Å². The molecule has 0 aromatic heterocycles. The molecule has 0 radical (unpaired) electrons. The van der Waals surface area contributed by atoms with E-state index in [0.717, 1.165) is 28.8 Å². The van der Waals surface area contributed by atoms with E-state index in [2.05, 4.69) is 10.6 Å². The second kappa shape index (κ2) is 8.59. The third-order valence-corrected chi connectivity index (χ3v) is 5.73. The molecule has 3 amide bonds. The summed E-state index contributed by atoms with van der Waals surface area (Å²) in [5.74, 6) is -0.163. The van der Waals surface area contributed by atoms with Gasteiger partial charge in [-0.2, -0.15) is 0 Å². The first-order chi connectivity index (χ1) is 14.5. The number of nitrogens with zero attached hydrogens (tertiary/aromatic N) is 1. The minimum absolute atomic E-state index is 0.163. The Morgan fingerprint density at radius 3 is 2.50 bits per heavy atom. The maximum absolute atomic E-state index is 13.5. The topological polar surface area (TPSA) is 61.4 Å². The molecular formula is C24H22ClN3O2. The molecule has 1 heterocycles. The van der Waals surface area contributed by atoms with Gasteiger partial charge in [-0.3, -0.25) is 4.79 Å². The number of urea groups is 1. The van der Waals surface area contributed by atoms with Crippen molar-refractivity contribution in [3.63, 3.8) is 0 Å². The van der Waals surface area contributed by atoms with Crippen LogP contribution >= 0.6 is 11.6 Å². The Bertz CT molecular complexity index is 1080. The molecule has 3 aromatic carbocycles. The number of amides is 3. The number of hydrogen-bond donors (Lipinski definition) is 2. The third-order valence-electron chi connectivity index (χ3n) is 5.32. The van der Waals surface area contributed by atoms with Crippen LogP contribution in [-0.2, 0) is 11.2 Å². The number of fused-ring (bicyclic) bond motifs is 1. The average molecular weight is 420 g/mol. The second-order valence-corrected chi connectivity index (χ2v) is 7.63. The average Bonchev–Trinajstić information content (AvgIpc) is 3.20. The van der Waals surface area contributed by atoms with Crippen molar-refractivity contribution < 1.29 is 9.59 Å². The van der Waals surface area contributed by atoms with Gasteiger partial charge < -0.3 is 15.5 Å². The number of carbonyl (C=O) groups excluding carboxylic acids is 2. The Labute approximate surface area is 180 Å². The maximum Gasteiger partial charge on any atom is 0.320 e. The Kier molecular flexibility index (Phi) is 5.72. The summed E-state index contributed by atoms with van der Waals surface area (Å²) in [5, 5.41) is 6.23. The van der Waals surface area contributed by atoms with E-state index in [1.54, 1.807) is 23.1 Å². The fourth-order valence-corrected chi connectivity index (χ4v) is 3.86. The highest BCUT2D eigenvalue weighted by molar-refractivity contribution is 6.31. The number of halogens is 1. The summed E-state index contributed by atoms with van der Waals surface area (Å²) in [6.07, 6.45) is 0.803. The minimum atomic E-state index is -0.808. The zero-order chi connectivity index (χ0) is 21.1. The van der Waals surface area contributed by atoms with Gasteiger partial charge in [0.2, 0.25) is 0 Å². The number of benzene rings is 3. The predicted molar refractivity (Wildman–Crippen MR) is 120 cm³/mol. The van der Waals surface area contributed by atoms with Gasteiger partial charge in [0, 0.05) is 22.9 Å². The molecule has 3 aromatic rings. The molecule has 0 aliphatic carbocycles. The highest BCUT2D eigenvalue weighted by Gasteiger charge is 2.32. The molecule has 1 aliphatic rings. The highest BCUT2D eigenvalue weighted by Crippen LogP contribution is 2.30. The molecule has 1 aliphatic heterocycles. The van der Waals surface area contributed by atoms with Gasteiger partial charge in [-0.25, -0.2) is 4.79 Å². The van der Waals surface area contributed by atoms with Crippen LogP contribution in [0.15, 0.2) is 72.8 Å². The van der Waals surface area contributed by atoms with Crippen molar-refractivity contribution in [1.82, 2.24) is 5.32 Å². The molecule has 0 unspecified atom stereocenters. The molecule has 4 rings (SSSR count). The lowest BCUT2D eigenvalue weighted by Crippen LogP contribution is -2.44. The molecule has 0 fully saturated rings. The minimum Gasteiger partial charge on any atom is -0.322 e. The molecule has 2 N–H and O–H groups in total. The van der Waals surface area contributed by atoms with Crippen LogP contribution in [0.3, 0.4) is 0 Å². The van der Waals surface area contributed by atoms with Crippen molar-refractivity contribution in [1.29, 1.82) is 0 Å². The number of rotatable bonds is 4. The van der Waals surface area contributed by atoms with Gasteiger partial charge in [0.1, 0.15) is 6.04 Å². The van der Waals surface area contributed by atoms with E-state index in [0.29, 0.717) is 17.3 Å².